The SMILES string of the molecule is CNCc1cc2c(C)c(Br)c(C)cc2o1. The fourth-order valence-corrected chi connectivity index (χ4v) is 2.12. The van der Waals surface area contributed by atoms with Crippen LogP contribution in [0, 0.1) is 13.8 Å². The third kappa shape index (κ3) is 1.82. The molecule has 0 radical (unpaired) electrons. The molecule has 15 heavy (non-hydrogen) atoms. The van der Waals surface area contributed by atoms with Gasteiger partial charge in [0.15, 0.2) is 0 Å². The van der Waals surface area contributed by atoms with E-state index < -0.39 is 0 Å². The first-order chi connectivity index (χ1) is 7.13. The highest BCUT2D eigenvalue weighted by Gasteiger charge is 2.09. The van der Waals surface area contributed by atoms with Crippen LogP contribution >= 0.6 is 15.9 Å². The van der Waals surface area contributed by atoms with E-state index in [1.54, 1.807) is 0 Å². The van der Waals surface area contributed by atoms with E-state index in [4.69, 9.17) is 4.42 Å². The van der Waals surface area contributed by atoms with E-state index in [1.165, 1.54) is 21.0 Å². The molecule has 1 aromatic heterocycles. The Labute approximate surface area is 97.8 Å². The molecular weight excluding hydrogens is 254 g/mol. The lowest BCUT2D eigenvalue weighted by molar-refractivity contribution is 0.530. The Morgan fingerprint density at radius 1 is 1.33 bits per heavy atom. The average Bonchev–Trinajstić information content (AvgIpc) is 2.58. The standard InChI is InChI=1S/C12H14BrNO/c1-7-4-11-10(8(2)12(7)13)5-9(15-11)6-14-3/h4-5,14H,6H2,1-3H3. The molecule has 0 fully saturated rings. The highest BCUT2D eigenvalue weighted by Crippen LogP contribution is 2.31. The van der Waals surface area contributed by atoms with E-state index in [1.807, 2.05) is 7.05 Å². The second-order valence-electron chi connectivity index (χ2n) is 3.79. The normalized spacial score (nSPS) is 11.2. The molecular formula is C12H14BrNO. The zero-order chi connectivity index (χ0) is 11.0. The number of nitrogens with one attached hydrogen (secondary N) is 1. The van der Waals surface area contributed by atoms with Crippen molar-refractivity contribution in [2.75, 3.05) is 7.05 Å². The molecule has 0 aliphatic rings. The molecule has 0 atom stereocenters. The summed E-state index contributed by atoms with van der Waals surface area (Å²) in [6.45, 7) is 4.96. The molecule has 2 rings (SSSR count). The zero-order valence-electron chi connectivity index (χ0n) is 9.15. The van der Waals surface area contributed by atoms with Crippen molar-refractivity contribution in [3.05, 3.63) is 33.5 Å². The van der Waals surface area contributed by atoms with Gasteiger partial charge in [0.2, 0.25) is 0 Å². The van der Waals surface area contributed by atoms with Crippen molar-refractivity contribution in [1.82, 2.24) is 5.32 Å². The molecule has 0 saturated carbocycles. The number of furan rings is 1. The lowest BCUT2D eigenvalue weighted by Gasteiger charge is -2.02. The molecule has 0 unspecified atom stereocenters. The summed E-state index contributed by atoms with van der Waals surface area (Å²) in [5, 5.41) is 4.28. The van der Waals surface area contributed by atoms with E-state index in [-0.39, 0.29) is 0 Å². The van der Waals surface area contributed by atoms with Crippen LogP contribution in [0.2, 0.25) is 0 Å². The van der Waals surface area contributed by atoms with Crippen LogP contribution in [-0.4, -0.2) is 7.05 Å². The van der Waals surface area contributed by atoms with Crippen molar-refractivity contribution in [2.24, 2.45) is 0 Å². The van der Waals surface area contributed by atoms with E-state index >= 15 is 0 Å². The molecule has 0 bridgehead atoms. The molecule has 2 nitrogen and oxygen atoms in total. The monoisotopic (exact) mass is 267 g/mol. The van der Waals surface area contributed by atoms with Gasteiger partial charge in [-0.2, -0.15) is 0 Å². The van der Waals surface area contributed by atoms with Crippen LogP contribution in [0.5, 0.6) is 0 Å². The summed E-state index contributed by atoms with van der Waals surface area (Å²) in [5.74, 6) is 0.980. The summed E-state index contributed by atoms with van der Waals surface area (Å²) in [4.78, 5) is 0. The summed E-state index contributed by atoms with van der Waals surface area (Å²) in [6, 6.07) is 4.18. The van der Waals surface area contributed by atoms with Crippen LogP contribution in [0.3, 0.4) is 0 Å². The molecule has 1 heterocycles. The molecule has 0 aliphatic heterocycles. The molecule has 3 heteroatoms. The Bertz CT molecular complexity index is 502. The van der Waals surface area contributed by atoms with Gasteiger partial charge in [-0.05, 0) is 44.2 Å². The fraction of sp³-hybridized carbons (Fsp3) is 0.333. The highest BCUT2D eigenvalue weighted by atomic mass is 79.9. The Morgan fingerprint density at radius 2 is 2.07 bits per heavy atom. The minimum Gasteiger partial charge on any atom is -0.460 e. The van der Waals surface area contributed by atoms with Crippen molar-refractivity contribution in [2.45, 2.75) is 20.4 Å². The van der Waals surface area contributed by atoms with Crippen molar-refractivity contribution in [3.63, 3.8) is 0 Å². The van der Waals surface area contributed by atoms with Crippen molar-refractivity contribution in [3.8, 4) is 0 Å². The van der Waals surface area contributed by atoms with E-state index in [2.05, 4.69) is 47.2 Å². The topological polar surface area (TPSA) is 25.2 Å². The predicted octanol–water partition coefficient (Wildman–Crippen LogP) is 3.53. The van der Waals surface area contributed by atoms with Crippen molar-refractivity contribution < 1.29 is 4.42 Å². The van der Waals surface area contributed by atoms with Crippen LogP contribution in [0.4, 0.5) is 0 Å². The zero-order valence-corrected chi connectivity index (χ0v) is 10.7. The van der Waals surface area contributed by atoms with Crippen molar-refractivity contribution >= 4 is 26.9 Å². The number of rotatable bonds is 2. The first-order valence-corrected chi connectivity index (χ1v) is 5.75. The number of aryl methyl sites for hydroxylation is 2. The number of hydrogen-bond acceptors (Lipinski definition) is 2. The maximum atomic E-state index is 5.74. The van der Waals surface area contributed by atoms with E-state index in [0.717, 1.165) is 17.9 Å². The van der Waals surface area contributed by atoms with Crippen LogP contribution < -0.4 is 5.32 Å². The molecule has 0 spiro atoms. The molecule has 0 aliphatic carbocycles. The summed E-state index contributed by atoms with van der Waals surface area (Å²) < 4.78 is 6.91. The predicted molar refractivity (Wildman–Crippen MR) is 66.2 cm³/mol. The van der Waals surface area contributed by atoms with Gasteiger partial charge in [-0.3, -0.25) is 0 Å². The van der Waals surface area contributed by atoms with Gasteiger partial charge >= 0.3 is 0 Å². The molecule has 0 saturated heterocycles. The Hall–Kier alpha value is -0.800. The van der Waals surface area contributed by atoms with Gasteiger partial charge in [-0.15, -0.1) is 0 Å². The number of fused-ring (bicyclic) bond motifs is 1. The van der Waals surface area contributed by atoms with Gasteiger partial charge in [0.05, 0.1) is 6.54 Å². The molecule has 1 N–H and O–H groups in total. The third-order valence-electron chi connectivity index (χ3n) is 2.59. The smallest absolute Gasteiger partial charge is 0.134 e. The summed E-state index contributed by atoms with van der Waals surface area (Å²) in [6.07, 6.45) is 0. The second-order valence-corrected chi connectivity index (χ2v) is 4.58. The third-order valence-corrected chi connectivity index (χ3v) is 3.81. The highest BCUT2D eigenvalue weighted by molar-refractivity contribution is 9.10. The summed E-state index contributed by atoms with van der Waals surface area (Å²) >= 11 is 3.59. The Balaban J connectivity index is 2.65. The number of hydrogen-bond donors (Lipinski definition) is 1. The maximum Gasteiger partial charge on any atom is 0.134 e. The lowest BCUT2D eigenvalue weighted by atomic mass is 10.1. The molecule has 1 aromatic carbocycles. The molecule has 80 valence electrons. The Morgan fingerprint density at radius 3 is 2.73 bits per heavy atom. The van der Waals surface area contributed by atoms with Crippen LogP contribution in [0.15, 0.2) is 21.0 Å². The van der Waals surface area contributed by atoms with Crippen LogP contribution in [0.25, 0.3) is 11.0 Å². The van der Waals surface area contributed by atoms with Gasteiger partial charge in [0.25, 0.3) is 0 Å². The van der Waals surface area contributed by atoms with Gasteiger partial charge in [-0.25, -0.2) is 0 Å². The Kier molecular flexibility index (Phi) is 2.85. The fourth-order valence-electron chi connectivity index (χ4n) is 1.79. The quantitative estimate of drug-likeness (QED) is 0.901. The number of halogens is 1. The van der Waals surface area contributed by atoms with Gasteiger partial charge in [-0.1, -0.05) is 15.9 Å². The molecule has 2 aromatic rings. The minimum atomic E-state index is 0.769. The summed E-state index contributed by atoms with van der Waals surface area (Å²) in [7, 11) is 1.92. The van der Waals surface area contributed by atoms with Crippen LogP contribution in [0.1, 0.15) is 16.9 Å². The first kappa shape index (κ1) is 10.7. The largest absolute Gasteiger partial charge is 0.460 e. The lowest BCUT2D eigenvalue weighted by Crippen LogP contribution is -2.03. The second kappa shape index (κ2) is 3.99. The number of benzene rings is 1. The van der Waals surface area contributed by atoms with E-state index in [9.17, 15) is 0 Å². The van der Waals surface area contributed by atoms with Crippen molar-refractivity contribution in [1.29, 1.82) is 0 Å². The minimum absolute atomic E-state index is 0.769. The first-order valence-electron chi connectivity index (χ1n) is 4.96. The van der Waals surface area contributed by atoms with E-state index in [0.29, 0.717) is 0 Å². The van der Waals surface area contributed by atoms with Gasteiger partial charge in [0, 0.05) is 9.86 Å². The average molecular weight is 268 g/mol. The maximum absolute atomic E-state index is 5.74. The van der Waals surface area contributed by atoms with Crippen LogP contribution in [-0.2, 0) is 6.54 Å². The van der Waals surface area contributed by atoms with Gasteiger partial charge < -0.3 is 9.73 Å². The molecule has 0 amide bonds. The summed E-state index contributed by atoms with van der Waals surface area (Å²) in [5.41, 5.74) is 3.43. The van der Waals surface area contributed by atoms with Gasteiger partial charge in [0.1, 0.15) is 11.3 Å².